The molecule has 5 rings (SSSR count). The maximum Gasteiger partial charge on any atom is 0.266 e. The Balaban J connectivity index is 1.15. The number of piperazine rings is 1. The smallest absolute Gasteiger partial charge is 0.266 e. The summed E-state index contributed by atoms with van der Waals surface area (Å²) >= 11 is 9.12. The Morgan fingerprint density at radius 3 is 2.17 bits per heavy atom. The Morgan fingerprint density at radius 1 is 0.806 bits per heavy atom. The summed E-state index contributed by atoms with van der Waals surface area (Å²) < 4.78 is 2.72. The number of rotatable bonds is 7. The van der Waals surface area contributed by atoms with Crippen LogP contribution in [0, 0.1) is 0 Å². The summed E-state index contributed by atoms with van der Waals surface area (Å²) in [5.74, 6) is 1.82. The Labute approximate surface area is 225 Å². The molecule has 0 radical (unpaired) electrons. The second-order valence-electron chi connectivity index (χ2n) is 8.51. The number of hydrogen-bond donors (Lipinski definition) is 0. The quantitative estimate of drug-likeness (QED) is 0.131. The lowest BCUT2D eigenvalue weighted by atomic mass is 10.2. The van der Waals surface area contributed by atoms with E-state index in [1.807, 2.05) is 54.6 Å². The zero-order valence-corrected chi connectivity index (χ0v) is 22.4. The molecule has 4 aromatic rings. The van der Waals surface area contributed by atoms with Crippen molar-refractivity contribution in [3.8, 4) is 5.69 Å². The van der Waals surface area contributed by atoms with Crippen molar-refractivity contribution in [1.82, 2.24) is 14.5 Å². The van der Waals surface area contributed by atoms with Gasteiger partial charge in [0, 0.05) is 43.4 Å². The van der Waals surface area contributed by atoms with Crippen molar-refractivity contribution in [3.63, 3.8) is 0 Å². The first kappa shape index (κ1) is 24.9. The minimum Gasteiger partial charge on any atom is -0.368 e. The van der Waals surface area contributed by atoms with Crippen molar-refractivity contribution in [1.29, 1.82) is 0 Å². The summed E-state index contributed by atoms with van der Waals surface area (Å²) in [5, 5.41) is 1.37. The minimum absolute atomic E-state index is 0.0282. The van der Waals surface area contributed by atoms with E-state index in [4.69, 9.17) is 17.2 Å². The molecule has 1 aliphatic rings. The maximum absolute atomic E-state index is 13.3. The van der Waals surface area contributed by atoms with Gasteiger partial charge in [-0.2, -0.15) is 0 Å². The number of fused-ring (bicyclic) bond motifs is 1. The third-order valence-corrected chi connectivity index (χ3v) is 8.80. The second-order valence-corrected chi connectivity index (χ2v) is 11.3. The van der Waals surface area contributed by atoms with Gasteiger partial charge in [-0.15, -0.1) is 0 Å². The van der Waals surface area contributed by atoms with Crippen LogP contribution in [-0.2, 0) is 0 Å². The fourth-order valence-electron chi connectivity index (χ4n) is 4.27. The van der Waals surface area contributed by atoms with E-state index in [0.29, 0.717) is 5.39 Å². The van der Waals surface area contributed by atoms with E-state index >= 15 is 0 Å². The number of benzene rings is 3. The number of para-hydroxylation sites is 3. The zero-order valence-electron chi connectivity index (χ0n) is 20.0. The van der Waals surface area contributed by atoms with Crippen molar-refractivity contribution < 1.29 is 0 Å². The van der Waals surface area contributed by atoms with E-state index in [-0.39, 0.29) is 5.56 Å². The van der Waals surface area contributed by atoms with E-state index in [9.17, 15) is 4.79 Å². The zero-order chi connectivity index (χ0) is 24.7. The number of anilines is 1. The average Bonchev–Trinajstić information content (AvgIpc) is 2.94. The number of nitrogens with zero attached hydrogens (tertiary/aromatic N) is 4. The standard InChI is InChI=1S/C28H28N4OS3/c33-26-24-14-7-8-15-25(24)29-27(32(26)23-12-5-2-6-13-23)35-20-9-21-36-28(34)31-18-16-30(17-19-31)22-10-3-1-4-11-22/h1-8,10-15H,9,16-21H2. The lowest BCUT2D eigenvalue weighted by Gasteiger charge is -2.37. The number of thiocarbonyl (C=S) groups is 1. The van der Waals surface area contributed by atoms with Gasteiger partial charge in [0.15, 0.2) is 5.16 Å². The van der Waals surface area contributed by atoms with Crippen LogP contribution in [0.4, 0.5) is 5.69 Å². The minimum atomic E-state index is -0.0282. The van der Waals surface area contributed by atoms with Gasteiger partial charge < -0.3 is 9.80 Å². The Kier molecular flexibility index (Phi) is 8.25. The van der Waals surface area contributed by atoms with E-state index in [1.54, 1.807) is 28.1 Å². The van der Waals surface area contributed by atoms with Crippen LogP contribution in [0.5, 0.6) is 0 Å². The number of thioether (sulfide) groups is 2. The SMILES string of the molecule is O=c1c2ccccc2nc(SCCCSC(=S)N2CCN(c3ccccc3)CC2)n1-c1ccccc1. The fraction of sp³-hybridized carbons (Fsp3) is 0.250. The van der Waals surface area contributed by atoms with Crippen LogP contribution >= 0.6 is 35.7 Å². The molecule has 0 aliphatic carbocycles. The van der Waals surface area contributed by atoms with Crippen LogP contribution in [0.3, 0.4) is 0 Å². The van der Waals surface area contributed by atoms with E-state index in [2.05, 4.69) is 40.1 Å². The van der Waals surface area contributed by atoms with Crippen LogP contribution in [-0.4, -0.2) is 56.5 Å². The normalized spacial score (nSPS) is 13.8. The predicted octanol–water partition coefficient (Wildman–Crippen LogP) is 5.71. The first-order valence-corrected chi connectivity index (χ1v) is 14.5. The van der Waals surface area contributed by atoms with Gasteiger partial charge in [-0.25, -0.2) is 4.98 Å². The summed E-state index contributed by atoms with van der Waals surface area (Å²) in [6, 6.07) is 27.9. The van der Waals surface area contributed by atoms with E-state index in [0.717, 1.165) is 64.8 Å². The number of hydrogen-bond acceptors (Lipinski definition) is 6. The molecule has 0 saturated carbocycles. The monoisotopic (exact) mass is 532 g/mol. The molecule has 0 N–H and O–H groups in total. The molecule has 0 atom stereocenters. The molecule has 8 heteroatoms. The molecule has 36 heavy (non-hydrogen) atoms. The summed E-state index contributed by atoms with van der Waals surface area (Å²) in [7, 11) is 0. The van der Waals surface area contributed by atoms with Crippen molar-refractivity contribution in [2.75, 3.05) is 42.6 Å². The molecule has 184 valence electrons. The maximum atomic E-state index is 13.3. The third-order valence-electron chi connectivity index (χ3n) is 6.16. The topological polar surface area (TPSA) is 41.4 Å². The molecule has 0 spiro atoms. The van der Waals surface area contributed by atoms with Gasteiger partial charge in [0.25, 0.3) is 5.56 Å². The van der Waals surface area contributed by atoms with Crippen molar-refractivity contribution in [3.05, 3.63) is 95.3 Å². The highest BCUT2D eigenvalue weighted by molar-refractivity contribution is 8.22. The Bertz CT molecular complexity index is 1370. The van der Waals surface area contributed by atoms with Gasteiger partial charge in [0.2, 0.25) is 0 Å². The van der Waals surface area contributed by atoms with Gasteiger partial charge in [0.05, 0.1) is 16.6 Å². The largest absolute Gasteiger partial charge is 0.368 e. The highest BCUT2D eigenvalue weighted by atomic mass is 32.2. The predicted molar refractivity (Wildman–Crippen MR) is 158 cm³/mol. The van der Waals surface area contributed by atoms with Crippen LogP contribution in [0.2, 0.25) is 0 Å². The molecular weight excluding hydrogens is 505 g/mol. The van der Waals surface area contributed by atoms with Crippen LogP contribution in [0.15, 0.2) is 94.9 Å². The third kappa shape index (κ3) is 5.77. The molecule has 2 heterocycles. The lowest BCUT2D eigenvalue weighted by Crippen LogP contribution is -2.47. The highest BCUT2D eigenvalue weighted by Gasteiger charge is 2.19. The van der Waals surface area contributed by atoms with Gasteiger partial charge in [-0.05, 0) is 42.8 Å². The Morgan fingerprint density at radius 2 is 1.44 bits per heavy atom. The molecule has 1 aromatic heterocycles. The van der Waals surface area contributed by atoms with Crippen molar-refractivity contribution >= 4 is 56.7 Å². The molecule has 1 aliphatic heterocycles. The molecule has 0 unspecified atom stereocenters. The number of aromatic nitrogens is 2. The van der Waals surface area contributed by atoms with E-state index in [1.165, 1.54) is 5.69 Å². The molecule has 5 nitrogen and oxygen atoms in total. The molecule has 1 fully saturated rings. The van der Waals surface area contributed by atoms with Crippen LogP contribution in [0.1, 0.15) is 6.42 Å². The summed E-state index contributed by atoms with van der Waals surface area (Å²) in [5.41, 5.74) is 2.83. The second kappa shape index (κ2) is 12.0. The lowest BCUT2D eigenvalue weighted by molar-refractivity contribution is 0.397. The van der Waals surface area contributed by atoms with E-state index < -0.39 is 0 Å². The first-order valence-electron chi connectivity index (χ1n) is 12.1. The Hall–Kier alpha value is -2.81. The summed E-state index contributed by atoms with van der Waals surface area (Å²) in [6.45, 7) is 3.90. The first-order chi connectivity index (χ1) is 17.7. The van der Waals surface area contributed by atoms with Gasteiger partial charge in [0.1, 0.15) is 4.32 Å². The summed E-state index contributed by atoms with van der Waals surface area (Å²) in [4.78, 5) is 22.9. The fourth-order valence-corrected chi connectivity index (χ4v) is 6.67. The van der Waals surface area contributed by atoms with Gasteiger partial charge in [-0.1, -0.05) is 84.3 Å². The van der Waals surface area contributed by atoms with Crippen molar-refractivity contribution in [2.24, 2.45) is 0 Å². The molecule has 3 aromatic carbocycles. The highest BCUT2D eigenvalue weighted by Crippen LogP contribution is 2.23. The van der Waals surface area contributed by atoms with Crippen LogP contribution in [0.25, 0.3) is 16.6 Å². The average molecular weight is 533 g/mol. The molecular formula is C28H28N4OS3. The summed E-state index contributed by atoms with van der Waals surface area (Å²) in [6.07, 6.45) is 0.983. The van der Waals surface area contributed by atoms with Gasteiger partial charge in [-0.3, -0.25) is 9.36 Å². The van der Waals surface area contributed by atoms with Crippen molar-refractivity contribution in [2.45, 2.75) is 11.6 Å². The van der Waals surface area contributed by atoms with Crippen LogP contribution < -0.4 is 10.5 Å². The molecule has 0 amide bonds. The molecule has 1 saturated heterocycles. The van der Waals surface area contributed by atoms with Gasteiger partial charge >= 0.3 is 0 Å². The molecule has 0 bridgehead atoms.